The Morgan fingerprint density at radius 2 is 2.05 bits per heavy atom. The highest BCUT2D eigenvalue weighted by Gasteiger charge is 2.05. The summed E-state index contributed by atoms with van der Waals surface area (Å²) in [7, 11) is 0. The molecule has 0 fully saturated rings. The number of carbonyl (C=O) groups excluding carboxylic acids is 1. The minimum atomic E-state index is -0.0557. The fourth-order valence-electron chi connectivity index (χ4n) is 1.99. The summed E-state index contributed by atoms with van der Waals surface area (Å²) in [6.07, 6.45) is 3.28. The van der Waals surface area contributed by atoms with E-state index in [9.17, 15) is 4.79 Å². The Kier molecular flexibility index (Phi) is 5.26. The first-order chi connectivity index (χ1) is 9.79. The van der Waals surface area contributed by atoms with Crippen LogP contribution in [0.1, 0.15) is 21.6 Å². The van der Waals surface area contributed by atoms with Crippen molar-refractivity contribution in [3.05, 3.63) is 65.5 Å². The molecule has 20 heavy (non-hydrogen) atoms. The lowest BCUT2D eigenvalue weighted by Crippen LogP contribution is -2.26. The monoisotopic (exact) mass is 269 g/mol. The van der Waals surface area contributed by atoms with Crippen molar-refractivity contribution in [3.8, 4) is 0 Å². The van der Waals surface area contributed by atoms with Crippen LogP contribution >= 0.6 is 0 Å². The van der Waals surface area contributed by atoms with Crippen LogP contribution in [0.25, 0.3) is 0 Å². The van der Waals surface area contributed by atoms with Crippen molar-refractivity contribution in [1.82, 2.24) is 10.3 Å². The molecule has 0 aliphatic heterocycles. The summed E-state index contributed by atoms with van der Waals surface area (Å²) in [6.45, 7) is 1.17. The molecule has 0 saturated carbocycles. The van der Waals surface area contributed by atoms with Gasteiger partial charge in [-0.25, -0.2) is 0 Å². The lowest BCUT2D eigenvalue weighted by atomic mass is 10.1. The maximum atomic E-state index is 12.0. The van der Waals surface area contributed by atoms with Gasteiger partial charge in [0.2, 0.25) is 0 Å². The first kappa shape index (κ1) is 14.2. The third-order valence-corrected chi connectivity index (χ3v) is 3.02. The first-order valence-electron chi connectivity index (χ1n) is 6.76. The van der Waals surface area contributed by atoms with Gasteiger partial charge in [0, 0.05) is 30.4 Å². The van der Waals surface area contributed by atoms with Crippen LogP contribution < -0.4 is 11.1 Å². The van der Waals surface area contributed by atoms with Crippen molar-refractivity contribution in [2.45, 2.75) is 12.8 Å². The normalized spacial score (nSPS) is 10.2. The van der Waals surface area contributed by atoms with Crippen molar-refractivity contribution in [2.24, 2.45) is 5.73 Å². The number of nitrogens with two attached hydrogens (primary N) is 1. The average Bonchev–Trinajstić information content (AvgIpc) is 2.49. The van der Waals surface area contributed by atoms with Gasteiger partial charge >= 0.3 is 0 Å². The number of benzene rings is 1. The summed E-state index contributed by atoms with van der Waals surface area (Å²) in [6, 6.07) is 13.4. The summed E-state index contributed by atoms with van der Waals surface area (Å²) in [5, 5.41) is 2.91. The predicted molar refractivity (Wildman–Crippen MR) is 79.5 cm³/mol. The van der Waals surface area contributed by atoms with E-state index in [1.807, 2.05) is 42.5 Å². The molecule has 0 unspecified atom stereocenters. The quantitative estimate of drug-likeness (QED) is 0.836. The summed E-state index contributed by atoms with van der Waals surface area (Å²) in [4.78, 5) is 16.3. The minimum absolute atomic E-state index is 0.0557. The Hall–Kier alpha value is -2.20. The van der Waals surface area contributed by atoms with Gasteiger partial charge in [-0.05, 0) is 42.8 Å². The van der Waals surface area contributed by atoms with Crippen LogP contribution in [-0.2, 0) is 12.8 Å². The van der Waals surface area contributed by atoms with E-state index >= 15 is 0 Å². The fourth-order valence-corrected chi connectivity index (χ4v) is 1.99. The van der Waals surface area contributed by atoms with E-state index in [0.29, 0.717) is 18.7 Å². The van der Waals surface area contributed by atoms with Gasteiger partial charge in [0.15, 0.2) is 0 Å². The highest BCUT2D eigenvalue weighted by Crippen LogP contribution is 2.05. The largest absolute Gasteiger partial charge is 0.352 e. The number of pyridine rings is 1. The number of hydrogen-bond acceptors (Lipinski definition) is 3. The molecule has 0 aliphatic carbocycles. The fraction of sp³-hybridized carbons (Fsp3) is 0.250. The number of amides is 1. The van der Waals surface area contributed by atoms with E-state index in [2.05, 4.69) is 10.3 Å². The number of hydrogen-bond donors (Lipinski definition) is 2. The van der Waals surface area contributed by atoms with Gasteiger partial charge in [0.1, 0.15) is 0 Å². The molecule has 0 spiro atoms. The van der Waals surface area contributed by atoms with Crippen molar-refractivity contribution >= 4 is 5.91 Å². The topological polar surface area (TPSA) is 68.0 Å². The van der Waals surface area contributed by atoms with E-state index in [4.69, 9.17) is 5.73 Å². The zero-order valence-corrected chi connectivity index (χ0v) is 11.4. The maximum absolute atomic E-state index is 12.0. The summed E-state index contributed by atoms with van der Waals surface area (Å²) in [5.74, 6) is -0.0557. The van der Waals surface area contributed by atoms with Crippen LogP contribution in [0.15, 0.2) is 48.7 Å². The Balaban J connectivity index is 1.87. The Morgan fingerprint density at radius 3 is 2.80 bits per heavy atom. The molecule has 0 saturated heterocycles. The molecule has 1 amide bonds. The third kappa shape index (κ3) is 4.17. The second-order valence-corrected chi connectivity index (χ2v) is 4.57. The van der Waals surface area contributed by atoms with Gasteiger partial charge in [0.25, 0.3) is 5.91 Å². The summed E-state index contributed by atoms with van der Waals surface area (Å²) < 4.78 is 0. The molecule has 0 bridgehead atoms. The molecule has 4 nitrogen and oxygen atoms in total. The van der Waals surface area contributed by atoms with Gasteiger partial charge in [-0.3, -0.25) is 9.78 Å². The van der Waals surface area contributed by atoms with E-state index in [0.717, 1.165) is 24.1 Å². The standard InChI is InChI=1S/C16H19N3O/c17-9-7-13-4-3-5-14(12-13)16(20)19-11-8-15-6-1-2-10-18-15/h1-6,10,12H,7-9,11,17H2,(H,19,20). The van der Waals surface area contributed by atoms with Gasteiger partial charge in [0.05, 0.1) is 0 Å². The first-order valence-corrected chi connectivity index (χ1v) is 6.76. The Labute approximate surface area is 119 Å². The molecular weight excluding hydrogens is 250 g/mol. The van der Waals surface area contributed by atoms with Crippen molar-refractivity contribution < 1.29 is 4.79 Å². The highest BCUT2D eigenvalue weighted by molar-refractivity contribution is 5.94. The van der Waals surface area contributed by atoms with E-state index in [1.54, 1.807) is 6.20 Å². The lowest BCUT2D eigenvalue weighted by molar-refractivity contribution is 0.0954. The molecule has 0 radical (unpaired) electrons. The van der Waals surface area contributed by atoms with E-state index < -0.39 is 0 Å². The summed E-state index contributed by atoms with van der Waals surface area (Å²) >= 11 is 0. The van der Waals surface area contributed by atoms with Crippen LogP contribution in [0.2, 0.25) is 0 Å². The molecule has 1 heterocycles. The molecule has 104 valence electrons. The molecule has 0 aliphatic rings. The molecule has 2 rings (SSSR count). The average molecular weight is 269 g/mol. The number of nitrogens with zero attached hydrogens (tertiary/aromatic N) is 1. The molecule has 2 aromatic rings. The van der Waals surface area contributed by atoms with Crippen molar-refractivity contribution in [1.29, 1.82) is 0 Å². The van der Waals surface area contributed by atoms with Gasteiger partial charge < -0.3 is 11.1 Å². The molecule has 4 heteroatoms. The number of aromatic nitrogens is 1. The lowest BCUT2D eigenvalue weighted by Gasteiger charge is -2.06. The maximum Gasteiger partial charge on any atom is 0.251 e. The van der Waals surface area contributed by atoms with Gasteiger partial charge in [-0.1, -0.05) is 18.2 Å². The minimum Gasteiger partial charge on any atom is -0.352 e. The van der Waals surface area contributed by atoms with Crippen LogP contribution in [0.5, 0.6) is 0 Å². The van der Waals surface area contributed by atoms with Crippen LogP contribution in [0, 0.1) is 0 Å². The molecular formula is C16H19N3O. The summed E-state index contributed by atoms with van der Waals surface area (Å²) in [5.41, 5.74) is 8.27. The predicted octanol–water partition coefficient (Wildman–Crippen LogP) is 1.56. The van der Waals surface area contributed by atoms with Gasteiger partial charge in [-0.15, -0.1) is 0 Å². The molecule has 1 aromatic carbocycles. The SMILES string of the molecule is NCCc1cccc(C(=O)NCCc2ccccn2)c1. The number of rotatable bonds is 6. The second kappa shape index (κ2) is 7.40. The van der Waals surface area contributed by atoms with Crippen molar-refractivity contribution in [3.63, 3.8) is 0 Å². The number of carbonyl (C=O) groups is 1. The Morgan fingerprint density at radius 1 is 1.15 bits per heavy atom. The molecule has 1 aromatic heterocycles. The highest BCUT2D eigenvalue weighted by atomic mass is 16.1. The number of nitrogens with one attached hydrogen (secondary N) is 1. The zero-order valence-electron chi connectivity index (χ0n) is 11.4. The smallest absolute Gasteiger partial charge is 0.251 e. The third-order valence-electron chi connectivity index (χ3n) is 3.02. The molecule has 3 N–H and O–H groups in total. The van der Waals surface area contributed by atoms with Crippen LogP contribution in [0.3, 0.4) is 0 Å². The zero-order chi connectivity index (χ0) is 14.2. The van der Waals surface area contributed by atoms with Gasteiger partial charge in [-0.2, -0.15) is 0 Å². The van der Waals surface area contributed by atoms with E-state index in [-0.39, 0.29) is 5.91 Å². The van der Waals surface area contributed by atoms with Crippen LogP contribution in [-0.4, -0.2) is 24.0 Å². The second-order valence-electron chi connectivity index (χ2n) is 4.57. The Bertz CT molecular complexity index is 555. The van der Waals surface area contributed by atoms with E-state index in [1.165, 1.54) is 0 Å². The van der Waals surface area contributed by atoms with Crippen molar-refractivity contribution in [2.75, 3.05) is 13.1 Å². The van der Waals surface area contributed by atoms with Crippen LogP contribution in [0.4, 0.5) is 0 Å². The molecule has 0 atom stereocenters.